The molecule has 1 aliphatic rings. The molecular weight excluding hydrogens is 232 g/mol. The van der Waals surface area contributed by atoms with Gasteiger partial charge in [0.1, 0.15) is 6.04 Å². The van der Waals surface area contributed by atoms with E-state index in [0.29, 0.717) is 18.5 Å². The highest BCUT2D eigenvalue weighted by Crippen LogP contribution is 2.13. The van der Waals surface area contributed by atoms with Crippen molar-refractivity contribution in [3.8, 4) is 0 Å². The number of hydrogen-bond acceptors (Lipinski definition) is 3. The SMILES string of the molecule is O=C1CCC(CNC(C(=O)O)c2ccccc2)N1. The lowest BCUT2D eigenvalue weighted by atomic mass is 10.1. The van der Waals surface area contributed by atoms with Gasteiger partial charge in [-0.3, -0.25) is 14.9 Å². The molecule has 1 aromatic carbocycles. The zero-order valence-electron chi connectivity index (χ0n) is 9.93. The minimum atomic E-state index is -0.912. The zero-order chi connectivity index (χ0) is 13.0. The normalized spacial score (nSPS) is 20.4. The van der Waals surface area contributed by atoms with Crippen LogP contribution >= 0.6 is 0 Å². The fourth-order valence-corrected chi connectivity index (χ4v) is 2.08. The summed E-state index contributed by atoms with van der Waals surface area (Å²) < 4.78 is 0. The van der Waals surface area contributed by atoms with Gasteiger partial charge in [0, 0.05) is 19.0 Å². The van der Waals surface area contributed by atoms with Crippen LogP contribution in [0.1, 0.15) is 24.4 Å². The molecule has 0 aliphatic carbocycles. The molecule has 0 saturated carbocycles. The first-order chi connectivity index (χ1) is 8.66. The van der Waals surface area contributed by atoms with Crippen LogP contribution in [0.3, 0.4) is 0 Å². The van der Waals surface area contributed by atoms with Crippen LogP contribution in [0.25, 0.3) is 0 Å². The number of hydrogen-bond donors (Lipinski definition) is 3. The molecule has 0 bridgehead atoms. The third-order valence-electron chi connectivity index (χ3n) is 3.03. The lowest BCUT2D eigenvalue weighted by molar-refractivity contribution is -0.139. The molecule has 2 atom stereocenters. The van der Waals surface area contributed by atoms with Crippen molar-refractivity contribution >= 4 is 11.9 Å². The van der Waals surface area contributed by atoms with E-state index in [1.807, 2.05) is 18.2 Å². The van der Waals surface area contributed by atoms with Crippen molar-refractivity contribution < 1.29 is 14.7 Å². The van der Waals surface area contributed by atoms with E-state index in [2.05, 4.69) is 10.6 Å². The van der Waals surface area contributed by atoms with Crippen LogP contribution in [0.4, 0.5) is 0 Å². The quantitative estimate of drug-likeness (QED) is 0.716. The molecule has 0 radical (unpaired) electrons. The predicted molar refractivity (Wildman–Crippen MR) is 66.0 cm³/mol. The Hall–Kier alpha value is -1.88. The summed E-state index contributed by atoms with van der Waals surface area (Å²) in [4.78, 5) is 22.3. The van der Waals surface area contributed by atoms with Crippen molar-refractivity contribution in [2.45, 2.75) is 24.9 Å². The lowest BCUT2D eigenvalue weighted by Gasteiger charge is -2.17. The number of carbonyl (C=O) groups is 2. The number of carboxylic acids is 1. The van der Waals surface area contributed by atoms with E-state index in [1.165, 1.54) is 0 Å². The summed E-state index contributed by atoms with van der Waals surface area (Å²) in [5.74, 6) is -0.876. The molecule has 18 heavy (non-hydrogen) atoms. The number of carboxylic acid groups (broad SMARTS) is 1. The second-order valence-electron chi connectivity index (χ2n) is 4.39. The highest BCUT2D eigenvalue weighted by atomic mass is 16.4. The van der Waals surface area contributed by atoms with Gasteiger partial charge < -0.3 is 10.4 Å². The first-order valence-electron chi connectivity index (χ1n) is 5.97. The van der Waals surface area contributed by atoms with Gasteiger partial charge >= 0.3 is 5.97 Å². The van der Waals surface area contributed by atoms with Gasteiger partial charge in [-0.2, -0.15) is 0 Å². The molecule has 3 N–H and O–H groups in total. The monoisotopic (exact) mass is 248 g/mol. The van der Waals surface area contributed by atoms with Gasteiger partial charge in [-0.15, -0.1) is 0 Å². The van der Waals surface area contributed by atoms with Gasteiger partial charge in [0.25, 0.3) is 0 Å². The lowest BCUT2D eigenvalue weighted by Crippen LogP contribution is -2.39. The average molecular weight is 248 g/mol. The fourth-order valence-electron chi connectivity index (χ4n) is 2.08. The molecule has 5 nitrogen and oxygen atoms in total. The standard InChI is InChI=1S/C13H16N2O3/c16-11-7-6-10(15-11)8-14-12(13(17)18)9-4-2-1-3-5-9/h1-5,10,12,14H,6-8H2,(H,15,16)(H,17,18). The highest BCUT2D eigenvalue weighted by molar-refractivity contribution is 5.78. The maximum atomic E-state index is 11.2. The molecule has 96 valence electrons. The van der Waals surface area contributed by atoms with Crippen LogP contribution in [0.2, 0.25) is 0 Å². The van der Waals surface area contributed by atoms with Gasteiger partial charge in [0.05, 0.1) is 0 Å². The van der Waals surface area contributed by atoms with Gasteiger partial charge in [0.2, 0.25) is 5.91 Å². The summed E-state index contributed by atoms with van der Waals surface area (Å²) in [6, 6.07) is 8.32. The molecule has 2 rings (SSSR count). The second kappa shape index (κ2) is 5.64. The van der Waals surface area contributed by atoms with Crippen molar-refractivity contribution in [3.63, 3.8) is 0 Å². The van der Waals surface area contributed by atoms with E-state index < -0.39 is 12.0 Å². The van der Waals surface area contributed by atoms with Gasteiger partial charge in [0.15, 0.2) is 0 Å². The Kier molecular flexibility index (Phi) is 3.94. The number of carbonyl (C=O) groups excluding carboxylic acids is 1. The molecule has 1 aromatic rings. The first-order valence-corrected chi connectivity index (χ1v) is 5.97. The van der Waals surface area contributed by atoms with Crippen molar-refractivity contribution in [1.29, 1.82) is 0 Å². The fraction of sp³-hybridized carbons (Fsp3) is 0.385. The average Bonchev–Trinajstić information content (AvgIpc) is 2.76. The second-order valence-corrected chi connectivity index (χ2v) is 4.39. The Bertz CT molecular complexity index is 433. The van der Waals surface area contributed by atoms with Gasteiger partial charge in [-0.1, -0.05) is 30.3 Å². The van der Waals surface area contributed by atoms with Crippen molar-refractivity contribution in [2.24, 2.45) is 0 Å². The van der Waals surface area contributed by atoms with Crippen LogP contribution in [0.15, 0.2) is 30.3 Å². The third kappa shape index (κ3) is 3.07. The van der Waals surface area contributed by atoms with Crippen LogP contribution < -0.4 is 10.6 Å². The number of rotatable bonds is 5. The van der Waals surface area contributed by atoms with E-state index in [-0.39, 0.29) is 11.9 Å². The predicted octanol–water partition coefficient (Wildman–Crippen LogP) is 0.680. The van der Waals surface area contributed by atoms with E-state index >= 15 is 0 Å². The largest absolute Gasteiger partial charge is 0.480 e. The molecule has 1 saturated heterocycles. The Morgan fingerprint density at radius 2 is 2.17 bits per heavy atom. The zero-order valence-corrected chi connectivity index (χ0v) is 9.93. The summed E-state index contributed by atoms with van der Waals surface area (Å²) in [5, 5.41) is 15.0. The summed E-state index contributed by atoms with van der Waals surface area (Å²) in [5.41, 5.74) is 0.717. The minimum absolute atomic E-state index is 0.0306. The van der Waals surface area contributed by atoms with Gasteiger partial charge in [-0.05, 0) is 12.0 Å². The van der Waals surface area contributed by atoms with Crippen molar-refractivity contribution in [2.75, 3.05) is 6.54 Å². The van der Waals surface area contributed by atoms with E-state index in [4.69, 9.17) is 0 Å². The smallest absolute Gasteiger partial charge is 0.325 e. The molecule has 1 heterocycles. The maximum Gasteiger partial charge on any atom is 0.325 e. The van der Waals surface area contributed by atoms with Crippen molar-refractivity contribution in [1.82, 2.24) is 10.6 Å². The Morgan fingerprint density at radius 1 is 1.44 bits per heavy atom. The topological polar surface area (TPSA) is 78.4 Å². The Morgan fingerprint density at radius 3 is 2.72 bits per heavy atom. The van der Waals surface area contributed by atoms with Crippen molar-refractivity contribution in [3.05, 3.63) is 35.9 Å². The summed E-state index contributed by atoms with van der Waals surface area (Å²) in [6.07, 6.45) is 1.28. The molecule has 1 fully saturated rings. The molecule has 1 amide bonds. The van der Waals surface area contributed by atoms with Crippen LogP contribution in [0, 0.1) is 0 Å². The Labute approximate surface area is 105 Å². The minimum Gasteiger partial charge on any atom is -0.480 e. The molecule has 1 aliphatic heterocycles. The molecule has 0 spiro atoms. The summed E-state index contributed by atoms with van der Waals surface area (Å²) in [7, 11) is 0. The summed E-state index contributed by atoms with van der Waals surface area (Å²) >= 11 is 0. The molecule has 2 unspecified atom stereocenters. The Balaban J connectivity index is 1.95. The van der Waals surface area contributed by atoms with Crippen LogP contribution in [-0.4, -0.2) is 29.6 Å². The van der Waals surface area contributed by atoms with Crippen LogP contribution in [0.5, 0.6) is 0 Å². The number of benzene rings is 1. The first kappa shape index (κ1) is 12.6. The third-order valence-corrected chi connectivity index (χ3v) is 3.03. The maximum absolute atomic E-state index is 11.2. The number of nitrogens with one attached hydrogen (secondary N) is 2. The van der Waals surface area contributed by atoms with Gasteiger partial charge in [-0.25, -0.2) is 0 Å². The highest BCUT2D eigenvalue weighted by Gasteiger charge is 2.24. The molecule has 5 heteroatoms. The van der Waals surface area contributed by atoms with E-state index in [0.717, 1.165) is 6.42 Å². The van der Waals surface area contributed by atoms with E-state index in [9.17, 15) is 14.7 Å². The van der Waals surface area contributed by atoms with Crippen LogP contribution in [-0.2, 0) is 9.59 Å². The van der Waals surface area contributed by atoms with E-state index in [1.54, 1.807) is 12.1 Å². The number of amides is 1. The molecule has 0 aromatic heterocycles. The summed E-state index contributed by atoms with van der Waals surface area (Å²) in [6.45, 7) is 0.470. The number of aliphatic carboxylic acids is 1. The molecular formula is C13H16N2O3.